The Morgan fingerprint density at radius 2 is 2.38 bits per heavy atom. The van der Waals surface area contributed by atoms with Crippen LogP contribution >= 0.6 is 15.9 Å². The standard InChI is InChI=1S/C5H9BrO2/c1-2-4(6)3-5(7)8/h4H,2-3H2,1H3,(H,7,8)/p-1. The number of rotatable bonds is 3. The molecule has 0 fully saturated rings. The van der Waals surface area contributed by atoms with Crippen LogP contribution in [-0.2, 0) is 4.79 Å². The van der Waals surface area contributed by atoms with Crippen molar-refractivity contribution in [1.82, 2.24) is 0 Å². The number of carboxylic acid groups (broad SMARTS) is 1. The Labute approximate surface area is 57.0 Å². The topological polar surface area (TPSA) is 40.1 Å². The second kappa shape index (κ2) is 3.89. The Hall–Kier alpha value is -0.0500. The average Bonchev–Trinajstić information content (AvgIpc) is 1.65. The van der Waals surface area contributed by atoms with Crippen LogP contribution in [0.15, 0.2) is 0 Å². The number of carbonyl (C=O) groups excluding carboxylic acids is 1. The summed E-state index contributed by atoms with van der Waals surface area (Å²) >= 11 is 3.16. The second-order valence-corrected chi connectivity index (χ2v) is 2.88. The molecule has 48 valence electrons. The van der Waals surface area contributed by atoms with Gasteiger partial charge in [-0.25, -0.2) is 0 Å². The third-order valence-electron chi connectivity index (χ3n) is 0.831. The summed E-state index contributed by atoms with van der Waals surface area (Å²) < 4.78 is 0. The molecule has 0 aliphatic heterocycles. The normalized spacial score (nSPS) is 13.2. The number of halogens is 1. The van der Waals surface area contributed by atoms with Crippen LogP contribution < -0.4 is 5.11 Å². The third kappa shape index (κ3) is 4.12. The molecule has 0 aromatic carbocycles. The maximum Gasteiger partial charge on any atom is 0.0425 e. The molecule has 2 nitrogen and oxygen atoms in total. The smallest absolute Gasteiger partial charge is 0.0425 e. The van der Waals surface area contributed by atoms with Crippen molar-refractivity contribution in [1.29, 1.82) is 0 Å². The van der Waals surface area contributed by atoms with Crippen LogP contribution in [0.4, 0.5) is 0 Å². The molecule has 8 heavy (non-hydrogen) atoms. The first-order valence-electron chi connectivity index (χ1n) is 2.50. The number of hydrogen-bond donors (Lipinski definition) is 0. The quantitative estimate of drug-likeness (QED) is 0.586. The highest BCUT2D eigenvalue weighted by atomic mass is 79.9. The summed E-state index contributed by atoms with van der Waals surface area (Å²) in [4.78, 5) is 9.90. The lowest BCUT2D eigenvalue weighted by atomic mass is 10.2. The fraction of sp³-hybridized carbons (Fsp3) is 0.800. The molecule has 0 rings (SSSR count). The molecule has 0 aliphatic rings. The largest absolute Gasteiger partial charge is 0.550 e. The van der Waals surface area contributed by atoms with E-state index < -0.39 is 5.97 Å². The lowest BCUT2D eigenvalue weighted by Crippen LogP contribution is -2.24. The van der Waals surface area contributed by atoms with Gasteiger partial charge in [-0.1, -0.05) is 22.9 Å². The first-order chi connectivity index (χ1) is 3.66. The summed E-state index contributed by atoms with van der Waals surface area (Å²) in [5.74, 6) is -0.992. The van der Waals surface area contributed by atoms with Crippen LogP contribution in [0.2, 0.25) is 0 Å². The summed E-state index contributed by atoms with van der Waals surface area (Å²) in [6.07, 6.45) is 0.935. The first-order valence-corrected chi connectivity index (χ1v) is 3.42. The molecule has 3 heteroatoms. The minimum atomic E-state index is -0.992. The predicted octanol–water partition coefficient (Wildman–Crippen LogP) is 0.300. The fourth-order valence-corrected chi connectivity index (χ4v) is 0.590. The van der Waals surface area contributed by atoms with Crippen molar-refractivity contribution in [2.24, 2.45) is 0 Å². The maximum atomic E-state index is 9.83. The van der Waals surface area contributed by atoms with Gasteiger partial charge in [0.25, 0.3) is 0 Å². The molecule has 0 saturated heterocycles. The SMILES string of the molecule is CCC(Br)CC(=O)[O-]. The molecule has 1 unspecified atom stereocenters. The van der Waals surface area contributed by atoms with Crippen molar-refractivity contribution in [2.75, 3.05) is 0 Å². The van der Waals surface area contributed by atoms with Gasteiger partial charge in [0.2, 0.25) is 0 Å². The number of carbonyl (C=O) groups is 1. The van der Waals surface area contributed by atoms with Crippen LogP contribution in [-0.4, -0.2) is 10.8 Å². The van der Waals surface area contributed by atoms with Gasteiger partial charge in [0.1, 0.15) is 0 Å². The summed E-state index contributed by atoms with van der Waals surface area (Å²) in [7, 11) is 0. The maximum absolute atomic E-state index is 9.83. The van der Waals surface area contributed by atoms with Crippen molar-refractivity contribution in [2.45, 2.75) is 24.6 Å². The van der Waals surface area contributed by atoms with Crippen LogP contribution in [0.25, 0.3) is 0 Å². The predicted molar refractivity (Wildman–Crippen MR) is 32.6 cm³/mol. The van der Waals surface area contributed by atoms with Gasteiger partial charge in [-0.2, -0.15) is 0 Å². The number of aliphatic carboxylic acids is 1. The van der Waals surface area contributed by atoms with Gasteiger partial charge >= 0.3 is 0 Å². The van der Waals surface area contributed by atoms with Crippen molar-refractivity contribution in [3.05, 3.63) is 0 Å². The van der Waals surface area contributed by atoms with E-state index in [1.807, 2.05) is 6.92 Å². The van der Waals surface area contributed by atoms with Gasteiger partial charge in [-0.3, -0.25) is 0 Å². The molecule has 0 amide bonds. The Kier molecular flexibility index (Phi) is 3.87. The van der Waals surface area contributed by atoms with E-state index >= 15 is 0 Å². The monoisotopic (exact) mass is 179 g/mol. The van der Waals surface area contributed by atoms with Gasteiger partial charge in [0.15, 0.2) is 0 Å². The first kappa shape index (κ1) is 7.95. The zero-order valence-electron chi connectivity index (χ0n) is 4.69. The van der Waals surface area contributed by atoms with E-state index in [-0.39, 0.29) is 11.2 Å². The summed E-state index contributed by atoms with van der Waals surface area (Å²) in [6.45, 7) is 1.92. The van der Waals surface area contributed by atoms with Crippen molar-refractivity contribution in [3.63, 3.8) is 0 Å². The van der Waals surface area contributed by atoms with E-state index in [2.05, 4.69) is 15.9 Å². The third-order valence-corrected chi connectivity index (χ3v) is 1.80. The lowest BCUT2D eigenvalue weighted by Gasteiger charge is -2.05. The minimum absolute atomic E-state index is 0.0764. The molecule has 0 radical (unpaired) electrons. The van der Waals surface area contributed by atoms with Crippen molar-refractivity contribution < 1.29 is 9.90 Å². The highest BCUT2D eigenvalue weighted by Crippen LogP contribution is 2.07. The molecule has 1 atom stereocenters. The summed E-state index contributed by atoms with van der Waals surface area (Å²) in [5.41, 5.74) is 0. The van der Waals surface area contributed by atoms with E-state index in [1.54, 1.807) is 0 Å². The van der Waals surface area contributed by atoms with Gasteiger partial charge in [0.05, 0.1) is 0 Å². The number of carboxylic acids is 1. The van der Waals surface area contributed by atoms with E-state index in [4.69, 9.17) is 0 Å². The zero-order valence-corrected chi connectivity index (χ0v) is 6.27. The molecule has 0 bridgehead atoms. The lowest BCUT2D eigenvalue weighted by molar-refractivity contribution is -0.305. The van der Waals surface area contributed by atoms with Gasteiger partial charge in [-0.15, -0.1) is 0 Å². The van der Waals surface area contributed by atoms with Crippen molar-refractivity contribution >= 4 is 21.9 Å². The average molecular weight is 180 g/mol. The molecular formula is C5H8BrO2-. The van der Waals surface area contributed by atoms with Gasteiger partial charge < -0.3 is 9.90 Å². The molecule has 0 spiro atoms. The van der Waals surface area contributed by atoms with Crippen LogP contribution in [0, 0.1) is 0 Å². The Bertz CT molecular complexity index is 82.5. The van der Waals surface area contributed by atoms with E-state index in [0.717, 1.165) is 6.42 Å². The van der Waals surface area contributed by atoms with Crippen LogP contribution in [0.5, 0.6) is 0 Å². The highest BCUT2D eigenvalue weighted by molar-refractivity contribution is 9.09. The highest BCUT2D eigenvalue weighted by Gasteiger charge is 1.98. The van der Waals surface area contributed by atoms with Crippen molar-refractivity contribution in [3.8, 4) is 0 Å². The summed E-state index contributed by atoms with van der Waals surface area (Å²) in [6, 6.07) is 0. The molecule has 0 aromatic rings. The molecular weight excluding hydrogens is 172 g/mol. The molecule has 0 saturated carbocycles. The van der Waals surface area contributed by atoms with Crippen LogP contribution in [0.3, 0.4) is 0 Å². The zero-order chi connectivity index (χ0) is 6.57. The molecule has 0 heterocycles. The Balaban J connectivity index is 3.24. The Morgan fingerprint density at radius 3 is 2.50 bits per heavy atom. The molecule has 0 aliphatic carbocycles. The fourth-order valence-electron chi connectivity index (χ4n) is 0.325. The number of alkyl halides is 1. The van der Waals surface area contributed by atoms with E-state index in [9.17, 15) is 9.90 Å². The summed E-state index contributed by atoms with van der Waals surface area (Å²) in [5, 5.41) is 9.83. The van der Waals surface area contributed by atoms with Gasteiger partial charge in [0, 0.05) is 10.8 Å². The second-order valence-electron chi connectivity index (χ2n) is 1.58. The van der Waals surface area contributed by atoms with Crippen LogP contribution in [0.1, 0.15) is 19.8 Å². The number of hydrogen-bond acceptors (Lipinski definition) is 2. The minimum Gasteiger partial charge on any atom is -0.550 e. The van der Waals surface area contributed by atoms with Gasteiger partial charge in [-0.05, 0) is 12.8 Å². The Morgan fingerprint density at radius 1 is 1.88 bits per heavy atom. The molecule has 0 N–H and O–H groups in total. The van der Waals surface area contributed by atoms with E-state index in [1.165, 1.54) is 0 Å². The van der Waals surface area contributed by atoms with E-state index in [0.29, 0.717) is 0 Å². The molecule has 0 aromatic heterocycles.